The molecule has 3 rings (SSSR count). The maximum atomic E-state index is 12.3. The Morgan fingerprint density at radius 1 is 1.48 bits per heavy atom. The third-order valence-corrected chi connectivity index (χ3v) is 3.85. The van der Waals surface area contributed by atoms with Gasteiger partial charge in [-0.15, -0.1) is 0 Å². The molecule has 2 aromatic rings. The molecule has 0 saturated heterocycles. The fourth-order valence-corrected chi connectivity index (χ4v) is 2.65. The van der Waals surface area contributed by atoms with Gasteiger partial charge in [-0.05, 0) is 18.1 Å². The fraction of sp³-hybridized carbons (Fsp3) is 0.471. The maximum Gasteiger partial charge on any atom is 0.223 e. The van der Waals surface area contributed by atoms with E-state index >= 15 is 0 Å². The van der Waals surface area contributed by atoms with E-state index in [4.69, 9.17) is 9.26 Å². The van der Waals surface area contributed by atoms with Crippen LogP contribution < -0.4 is 4.74 Å². The zero-order valence-electron chi connectivity index (χ0n) is 13.5. The van der Waals surface area contributed by atoms with Crippen molar-refractivity contribution in [2.75, 3.05) is 6.54 Å². The van der Waals surface area contributed by atoms with Crippen molar-refractivity contribution in [1.82, 2.24) is 15.0 Å². The number of fused-ring (bicyclic) bond motifs is 1. The van der Waals surface area contributed by atoms with Gasteiger partial charge in [-0.25, -0.2) is 0 Å². The van der Waals surface area contributed by atoms with Gasteiger partial charge in [-0.3, -0.25) is 9.78 Å². The molecule has 3 heterocycles. The van der Waals surface area contributed by atoms with Crippen LogP contribution in [0.2, 0.25) is 0 Å². The number of pyridine rings is 1. The van der Waals surface area contributed by atoms with Crippen molar-refractivity contribution in [3.8, 4) is 5.75 Å². The van der Waals surface area contributed by atoms with Gasteiger partial charge in [0.05, 0.1) is 12.7 Å². The van der Waals surface area contributed by atoms with Gasteiger partial charge in [0.1, 0.15) is 23.8 Å². The van der Waals surface area contributed by atoms with Crippen LogP contribution >= 0.6 is 0 Å². The molecule has 122 valence electrons. The Balaban J connectivity index is 1.67. The molecule has 0 bridgehead atoms. The van der Waals surface area contributed by atoms with Crippen molar-refractivity contribution in [3.63, 3.8) is 0 Å². The van der Waals surface area contributed by atoms with E-state index in [0.29, 0.717) is 44.2 Å². The van der Waals surface area contributed by atoms with Crippen LogP contribution in [0, 0.1) is 5.92 Å². The molecule has 1 aliphatic rings. The van der Waals surface area contributed by atoms with Crippen LogP contribution in [-0.2, 0) is 24.4 Å². The summed E-state index contributed by atoms with van der Waals surface area (Å²) >= 11 is 0. The van der Waals surface area contributed by atoms with Crippen LogP contribution in [0.25, 0.3) is 0 Å². The van der Waals surface area contributed by atoms with Crippen molar-refractivity contribution in [1.29, 1.82) is 0 Å². The molecule has 0 atom stereocenters. The molecule has 0 N–H and O–H groups in total. The number of ether oxygens (including phenoxy) is 1. The monoisotopic (exact) mass is 315 g/mol. The highest BCUT2D eigenvalue weighted by atomic mass is 16.5. The Hall–Kier alpha value is -2.37. The van der Waals surface area contributed by atoms with Crippen molar-refractivity contribution in [2.24, 2.45) is 5.92 Å². The molecular weight excluding hydrogens is 294 g/mol. The molecule has 6 nitrogen and oxygen atoms in total. The lowest BCUT2D eigenvalue weighted by atomic mass is 10.0. The molecule has 0 aliphatic carbocycles. The summed E-state index contributed by atoms with van der Waals surface area (Å²) in [4.78, 5) is 18.2. The summed E-state index contributed by atoms with van der Waals surface area (Å²) in [5.74, 6) is 2.10. The number of carbonyl (C=O) groups is 1. The molecule has 0 radical (unpaired) electrons. The predicted molar refractivity (Wildman–Crippen MR) is 83.6 cm³/mol. The zero-order valence-corrected chi connectivity index (χ0v) is 13.5. The van der Waals surface area contributed by atoms with Gasteiger partial charge in [0.15, 0.2) is 0 Å². The molecule has 2 aromatic heterocycles. The van der Waals surface area contributed by atoms with Gasteiger partial charge in [-0.2, -0.15) is 0 Å². The standard InChI is InChI=1S/C17H21N3O3/c1-12(2)8-17(21)20-7-5-16-14(10-20)15(19-23-16)11-22-13-4-3-6-18-9-13/h3-4,6,9,12H,5,7-8,10-11H2,1-2H3. The molecule has 1 aliphatic heterocycles. The van der Waals surface area contributed by atoms with Crippen molar-refractivity contribution in [3.05, 3.63) is 41.5 Å². The second-order valence-electron chi connectivity index (χ2n) is 6.17. The Bertz CT molecular complexity index is 667. The Morgan fingerprint density at radius 2 is 2.35 bits per heavy atom. The quantitative estimate of drug-likeness (QED) is 0.848. The van der Waals surface area contributed by atoms with Crippen LogP contribution in [0.15, 0.2) is 29.0 Å². The first-order valence-electron chi connectivity index (χ1n) is 7.90. The summed E-state index contributed by atoms with van der Waals surface area (Å²) in [6.45, 7) is 5.67. The van der Waals surface area contributed by atoms with Crippen molar-refractivity contribution >= 4 is 5.91 Å². The summed E-state index contributed by atoms with van der Waals surface area (Å²) < 4.78 is 11.1. The molecular formula is C17H21N3O3. The van der Waals surface area contributed by atoms with Gasteiger partial charge in [0.25, 0.3) is 0 Å². The van der Waals surface area contributed by atoms with E-state index in [9.17, 15) is 4.79 Å². The highest BCUT2D eigenvalue weighted by molar-refractivity contribution is 5.76. The van der Waals surface area contributed by atoms with Crippen LogP contribution in [0.1, 0.15) is 37.3 Å². The van der Waals surface area contributed by atoms with E-state index in [1.54, 1.807) is 12.4 Å². The van der Waals surface area contributed by atoms with E-state index in [2.05, 4.69) is 24.0 Å². The number of nitrogens with zero attached hydrogens (tertiary/aromatic N) is 3. The van der Waals surface area contributed by atoms with E-state index in [1.165, 1.54) is 0 Å². The molecule has 0 fully saturated rings. The number of hydrogen-bond acceptors (Lipinski definition) is 5. The largest absolute Gasteiger partial charge is 0.486 e. The lowest BCUT2D eigenvalue weighted by Gasteiger charge is -2.27. The van der Waals surface area contributed by atoms with Crippen molar-refractivity contribution < 1.29 is 14.1 Å². The summed E-state index contributed by atoms with van der Waals surface area (Å²) in [7, 11) is 0. The van der Waals surface area contributed by atoms with Crippen LogP contribution in [0.4, 0.5) is 0 Å². The number of aromatic nitrogens is 2. The minimum atomic E-state index is 0.186. The average Bonchev–Trinajstić information content (AvgIpc) is 2.95. The van der Waals surface area contributed by atoms with E-state index < -0.39 is 0 Å². The third kappa shape index (κ3) is 3.70. The molecule has 23 heavy (non-hydrogen) atoms. The SMILES string of the molecule is CC(C)CC(=O)N1CCc2onc(COc3cccnc3)c2C1. The van der Waals surface area contributed by atoms with Gasteiger partial charge in [-0.1, -0.05) is 19.0 Å². The van der Waals surface area contributed by atoms with Gasteiger partial charge < -0.3 is 14.2 Å². The first kappa shape index (κ1) is 15.5. The first-order chi connectivity index (χ1) is 11.1. The Morgan fingerprint density at radius 3 is 3.09 bits per heavy atom. The molecule has 6 heteroatoms. The van der Waals surface area contributed by atoms with Crippen LogP contribution in [0.3, 0.4) is 0 Å². The minimum Gasteiger partial charge on any atom is -0.486 e. The maximum absolute atomic E-state index is 12.3. The lowest BCUT2D eigenvalue weighted by molar-refractivity contribution is -0.133. The van der Waals surface area contributed by atoms with Crippen molar-refractivity contribution in [2.45, 2.75) is 39.8 Å². The summed E-state index contributed by atoms with van der Waals surface area (Å²) in [5.41, 5.74) is 1.74. The molecule has 0 saturated carbocycles. The minimum absolute atomic E-state index is 0.186. The van der Waals surface area contributed by atoms with Crippen LogP contribution in [0.5, 0.6) is 5.75 Å². The average molecular weight is 315 g/mol. The molecule has 0 unspecified atom stereocenters. The summed E-state index contributed by atoms with van der Waals surface area (Å²) in [6.07, 6.45) is 4.63. The summed E-state index contributed by atoms with van der Waals surface area (Å²) in [5, 5.41) is 4.11. The van der Waals surface area contributed by atoms with Gasteiger partial charge in [0.2, 0.25) is 5.91 Å². The predicted octanol–water partition coefficient (Wildman–Crippen LogP) is 2.58. The third-order valence-electron chi connectivity index (χ3n) is 3.85. The second-order valence-corrected chi connectivity index (χ2v) is 6.17. The molecule has 0 aromatic carbocycles. The highest BCUT2D eigenvalue weighted by Crippen LogP contribution is 2.24. The molecule has 0 spiro atoms. The zero-order chi connectivity index (χ0) is 16.2. The number of amides is 1. The lowest BCUT2D eigenvalue weighted by Crippen LogP contribution is -2.36. The molecule has 1 amide bonds. The smallest absolute Gasteiger partial charge is 0.223 e. The van der Waals surface area contributed by atoms with Gasteiger partial charge in [0, 0.05) is 31.1 Å². The van der Waals surface area contributed by atoms with E-state index in [1.807, 2.05) is 17.0 Å². The first-order valence-corrected chi connectivity index (χ1v) is 7.90. The Kier molecular flexibility index (Phi) is 4.60. The van der Waals surface area contributed by atoms with Gasteiger partial charge >= 0.3 is 0 Å². The topological polar surface area (TPSA) is 68.5 Å². The normalized spacial score (nSPS) is 14.0. The number of carbonyl (C=O) groups excluding carboxylic acids is 1. The fourth-order valence-electron chi connectivity index (χ4n) is 2.65. The second kappa shape index (κ2) is 6.81. The number of rotatable bonds is 5. The van der Waals surface area contributed by atoms with E-state index in [-0.39, 0.29) is 5.91 Å². The van der Waals surface area contributed by atoms with Crippen LogP contribution in [-0.4, -0.2) is 27.5 Å². The Labute approximate surface area is 135 Å². The van der Waals surface area contributed by atoms with E-state index in [0.717, 1.165) is 17.0 Å². The number of hydrogen-bond donors (Lipinski definition) is 0. The highest BCUT2D eigenvalue weighted by Gasteiger charge is 2.27. The summed E-state index contributed by atoms with van der Waals surface area (Å²) in [6, 6.07) is 3.66.